The molecular weight excluding hydrogens is 306 g/mol. The average molecular weight is 325 g/mol. The van der Waals surface area contributed by atoms with Crippen LogP contribution in [-0.4, -0.2) is 17.1 Å². The number of benzene rings is 1. The Kier molecular flexibility index (Phi) is 3.65. The van der Waals surface area contributed by atoms with Gasteiger partial charge >= 0.3 is 0 Å². The van der Waals surface area contributed by atoms with Crippen LogP contribution in [0.25, 0.3) is 10.2 Å². The second-order valence-corrected chi connectivity index (χ2v) is 6.92. The van der Waals surface area contributed by atoms with Crippen molar-refractivity contribution in [1.29, 1.82) is 0 Å². The summed E-state index contributed by atoms with van der Waals surface area (Å²) in [5.41, 5.74) is 2.37. The number of aromatic nitrogens is 2. The lowest BCUT2D eigenvalue weighted by atomic mass is 9.97. The van der Waals surface area contributed by atoms with E-state index >= 15 is 0 Å². The molecule has 0 atom stereocenters. The van der Waals surface area contributed by atoms with Crippen molar-refractivity contribution in [2.24, 2.45) is 0 Å². The molecule has 0 radical (unpaired) electrons. The predicted molar refractivity (Wildman–Crippen MR) is 95.1 cm³/mol. The number of anilines is 2. The van der Waals surface area contributed by atoms with Crippen molar-refractivity contribution in [2.75, 3.05) is 12.4 Å². The molecule has 2 heterocycles. The van der Waals surface area contributed by atoms with Gasteiger partial charge in [-0.2, -0.15) is 0 Å². The summed E-state index contributed by atoms with van der Waals surface area (Å²) in [5.74, 6) is 2.52. The number of nitrogens with one attached hydrogen (secondary N) is 1. The minimum atomic E-state index is 0.800. The molecule has 0 bridgehead atoms. The zero-order valence-electron chi connectivity index (χ0n) is 13.3. The first-order valence-corrected chi connectivity index (χ1v) is 8.77. The molecule has 1 N–H and O–H groups in total. The van der Waals surface area contributed by atoms with Crippen molar-refractivity contribution in [1.82, 2.24) is 9.97 Å². The van der Waals surface area contributed by atoms with Crippen LogP contribution in [0, 0.1) is 6.92 Å². The SMILES string of the molecule is COc1ccccc1Nc1nc(C)nc2sc3c(c12)CCCC3. The first kappa shape index (κ1) is 14.5. The van der Waals surface area contributed by atoms with Gasteiger partial charge in [0.2, 0.25) is 0 Å². The van der Waals surface area contributed by atoms with Crippen molar-refractivity contribution < 1.29 is 4.74 Å². The fraction of sp³-hybridized carbons (Fsp3) is 0.333. The third-order valence-corrected chi connectivity index (χ3v) is 5.47. The van der Waals surface area contributed by atoms with E-state index in [1.165, 1.54) is 35.1 Å². The van der Waals surface area contributed by atoms with E-state index in [1.54, 1.807) is 7.11 Å². The average Bonchev–Trinajstić information content (AvgIpc) is 2.93. The molecule has 0 fully saturated rings. The number of rotatable bonds is 3. The molecule has 0 saturated heterocycles. The third-order valence-electron chi connectivity index (χ3n) is 4.29. The molecule has 0 amide bonds. The van der Waals surface area contributed by atoms with Gasteiger partial charge in [0.1, 0.15) is 22.2 Å². The summed E-state index contributed by atoms with van der Waals surface area (Å²) in [4.78, 5) is 11.9. The minimum absolute atomic E-state index is 0.800. The maximum Gasteiger partial charge on any atom is 0.143 e. The molecule has 4 nitrogen and oxygen atoms in total. The zero-order chi connectivity index (χ0) is 15.8. The Balaban J connectivity index is 1.87. The summed E-state index contributed by atoms with van der Waals surface area (Å²) >= 11 is 1.83. The number of hydrogen-bond acceptors (Lipinski definition) is 5. The Morgan fingerprint density at radius 3 is 2.83 bits per heavy atom. The van der Waals surface area contributed by atoms with Gasteiger partial charge in [0, 0.05) is 4.88 Å². The highest BCUT2D eigenvalue weighted by Crippen LogP contribution is 2.40. The van der Waals surface area contributed by atoms with E-state index in [9.17, 15) is 0 Å². The normalized spacial score (nSPS) is 13.8. The summed E-state index contributed by atoms with van der Waals surface area (Å²) in [6.07, 6.45) is 4.83. The van der Waals surface area contributed by atoms with Crippen molar-refractivity contribution >= 4 is 33.1 Å². The van der Waals surface area contributed by atoms with Crippen molar-refractivity contribution in [2.45, 2.75) is 32.6 Å². The second kappa shape index (κ2) is 5.81. The Morgan fingerprint density at radius 1 is 1.13 bits per heavy atom. The molecule has 0 aliphatic heterocycles. The lowest BCUT2D eigenvalue weighted by molar-refractivity contribution is 0.417. The Labute approximate surface area is 139 Å². The fourth-order valence-electron chi connectivity index (χ4n) is 3.23. The largest absolute Gasteiger partial charge is 0.495 e. The quantitative estimate of drug-likeness (QED) is 0.762. The summed E-state index contributed by atoms with van der Waals surface area (Å²) < 4.78 is 5.45. The van der Waals surface area contributed by atoms with Crippen molar-refractivity contribution in [3.63, 3.8) is 0 Å². The Bertz CT molecular complexity index is 872. The van der Waals surface area contributed by atoms with Gasteiger partial charge < -0.3 is 10.1 Å². The number of methoxy groups -OCH3 is 1. The number of fused-ring (bicyclic) bond motifs is 3. The lowest BCUT2D eigenvalue weighted by Crippen LogP contribution is -2.03. The maximum atomic E-state index is 5.45. The summed E-state index contributed by atoms with van der Waals surface area (Å²) in [5, 5.41) is 4.67. The molecule has 1 aromatic carbocycles. The van der Waals surface area contributed by atoms with E-state index in [0.29, 0.717) is 0 Å². The first-order valence-electron chi connectivity index (χ1n) is 7.95. The maximum absolute atomic E-state index is 5.45. The summed E-state index contributed by atoms with van der Waals surface area (Å²) in [6.45, 7) is 1.95. The smallest absolute Gasteiger partial charge is 0.143 e. The molecule has 1 aliphatic rings. The van der Waals surface area contributed by atoms with Gasteiger partial charge in [0.05, 0.1) is 18.2 Å². The van der Waals surface area contributed by atoms with Crippen LogP contribution in [0.3, 0.4) is 0 Å². The highest BCUT2D eigenvalue weighted by Gasteiger charge is 2.21. The molecule has 118 valence electrons. The molecule has 23 heavy (non-hydrogen) atoms. The zero-order valence-corrected chi connectivity index (χ0v) is 14.2. The van der Waals surface area contributed by atoms with E-state index in [0.717, 1.165) is 34.3 Å². The topological polar surface area (TPSA) is 47.0 Å². The number of para-hydroxylation sites is 2. The summed E-state index contributed by atoms with van der Waals surface area (Å²) in [7, 11) is 1.69. The second-order valence-electron chi connectivity index (χ2n) is 5.84. The van der Waals surface area contributed by atoms with E-state index in [4.69, 9.17) is 4.74 Å². The van der Waals surface area contributed by atoms with E-state index in [-0.39, 0.29) is 0 Å². The fourth-order valence-corrected chi connectivity index (χ4v) is 4.54. The molecule has 0 spiro atoms. The molecule has 2 aromatic heterocycles. The summed E-state index contributed by atoms with van der Waals surface area (Å²) in [6, 6.07) is 7.94. The van der Waals surface area contributed by atoms with E-state index in [1.807, 2.05) is 42.5 Å². The van der Waals surface area contributed by atoms with Gasteiger partial charge in [-0.25, -0.2) is 9.97 Å². The van der Waals surface area contributed by atoms with Crippen molar-refractivity contribution in [3.8, 4) is 5.75 Å². The van der Waals surface area contributed by atoms with Crippen LogP contribution in [0.1, 0.15) is 29.1 Å². The van der Waals surface area contributed by atoms with E-state index < -0.39 is 0 Å². The molecular formula is C18H19N3OS. The molecule has 0 saturated carbocycles. The number of thiophene rings is 1. The van der Waals surface area contributed by atoms with Crippen LogP contribution in [0.2, 0.25) is 0 Å². The van der Waals surface area contributed by atoms with Crippen LogP contribution in [0.4, 0.5) is 11.5 Å². The molecule has 0 unspecified atom stereocenters. The van der Waals surface area contributed by atoms with Gasteiger partial charge in [-0.15, -0.1) is 11.3 Å². The van der Waals surface area contributed by atoms with Gasteiger partial charge in [0.25, 0.3) is 0 Å². The number of nitrogens with zero attached hydrogens (tertiary/aromatic N) is 2. The number of aryl methyl sites for hydroxylation is 3. The van der Waals surface area contributed by atoms with Gasteiger partial charge in [-0.05, 0) is 50.3 Å². The lowest BCUT2D eigenvalue weighted by Gasteiger charge is -2.14. The Morgan fingerprint density at radius 2 is 1.96 bits per heavy atom. The highest BCUT2D eigenvalue weighted by atomic mass is 32.1. The monoisotopic (exact) mass is 325 g/mol. The van der Waals surface area contributed by atoms with Crippen LogP contribution < -0.4 is 10.1 Å². The first-order chi connectivity index (χ1) is 11.3. The molecule has 1 aliphatic carbocycles. The van der Waals surface area contributed by atoms with Crippen LogP contribution in [0.5, 0.6) is 5.75 Å². The van der Waals surface area contributed by atoms with Crippen LogP contribution in [-0.2, 0) is 12.8 Å². The van der Waals surface area contributed by atoms with Gasteiger partial charge in [0.15, 0.2) is 0 Å². The standard InChI is InChI=1S/C18H19N3OS/c1-11-19-17(21-13-8-4-5-9-14(13)22-2)16-12-7-3-6-10-15(12)23-18(16)20-11/h4-5,8-9H,3,6-7,10H2,1-2H3,(H,19,20,21). The van der Waals surface area contributed by atoms with Crippen molar-refractivity contribution in [3.05, 3.63) is 40.5 Å². The predicted octanol–water partition coefficient (Wildman–Crippen LogP) is 4.63. The highest BCUT2D eigenvalue weighted by molar-refractivity contribution is 7.19. The van der Waals surface area contributed by atoms with Gasteiger partial charge in [-0.3, -0.25) is 0 Å². The Hall–Kier alpha value is -2.14. The number of ether oxygens (including phenoxy) is 1. The van der Waals surface area contributed by atoms with E-state index in [2.05, 4.69) is 15.3 Å². The van der Waals surface area contributed by atoms with Crippen LogP contribution >= 0.6 is 11.3 Å². The molecule has 5 heteroatoms. The molecule has 4 rings (SSSR count). The molecule has 3 aromatic rings. The third kappa shape index (κ3) is 2.55. The van der Waals surface area contributed by atoms with Gasteiger partial charge in [-0.1, -0.05) is 12.1 Å². The minimum Gasteiger partial charge on any atom is -0.495 e. The number of hydrogen-bond donors (Lipinski definition) is 1. The van der Waals surface area contributed by atoms with Crippen LogP contribution in [0.15, 0.2) is 24.3 Å².